The van der Waals surface area contributed by atoms with Crippen molar-refractivity contribution in [2.24, 2.45) is 0 Å². The van der Waals surface area contributed by atoms with E-state index >= 15 is 0 Å². The molecule has 0 aromatic heterocycles. The Morgan fingerprint density at radius 1 is 1.00 bits per heavy atom. The number of benzene rings is 2. The first-order valence-electron chi connectivity index (χ1n) is 9.25. The molecule has 150 valence electrons. The lowest BCUT2D eigenvalue weighted by Crippen LogP contribution is -2.51. The van der Waals surface area contributed by atoms with E-state index in [1.54, 1.807) is 23.1 Å². The highest BCUT2D eigenvalue weighted by Crippen LogP contribution is 2.24. The zero-order valence-corrected chi connectivity index (χ0v) is 16.6. The van der Waals surface area contributed by atoms with E-state index in [2.05, 4.69) is 11.8 Å². The van der Waals surface area contributed by atoms with Crippen molar-refractivity contribution in [1.29, 1.82) is 0 Å². The van der Waals surface area contributed by atoms with Crippen LogP contribution in [0.15, 0.2) is 59.5 Å². The summed E-state index contributed by atoms with van der Waals surface area (Å²) < 4.78 is 40.8. The molecule has 28 heavy (non-hydrogen) atoms. The molecule has 0 bridgehead atoms. The topological polar surface area (TPSA) is 60.9 Å². The van der Waals surface area contributed by atoms with Gasteiger partial charge in [0.25, 0.3) is 10.0 Å². The van der Waals surface area contributed by atoms with Crippen molar-refractivity contribution in [2.45, 2.75) is 11.8 Å². The molecule has 1 saturated heterocycles. The third kappa shape index (κ3) is 4.51. The third-order valence-electron chi connectivity index (χ3n) is 4.90. The van der Waals surface area contributed by atoms with Crippen molar-refractivity contribution in [1.82, 2.24) is 9.80 Å². The van der Waals surface area contributed by atoms with E-state index in [1.165, 1.54) is 36.4 Å². The standard InChI is InChI=1S/C20H24FN3O3S/c1-2-22-12-14-23(15-13-22)20(25)16-24(18-10-8-17(21)9-11-18)28(26,27)19-6-4-3-5-7-19/h3-11H,2,12-16H2,1H3. The quantitative estimate of drug-likeness (QED) is 0.739. The van der Waals surface area contributed by atoms with E-state index in [1.807, 2.05) is 0 Å². The number of rotatable bonds is 6. The Morgan fingerprint density at radius 2 is 1.61 bits per heavy atom. The summed E-state index contributed by atoms with van der Waals surface area (Å²) in [7, 11) is -3.96. The summed E-state index contributed by atoms with van der Waals surface area (Å²) in [6.45, 7) is 5.33. The summed E-state index contributed by atoms with van der Waals surface area (Å²) in [5.41, 5.74) is 0.255. The third-order valence-corrected chi connectivity index (χ3v) is 6.68. The van der Waals surface area contributed by atoms with Gasteiger partial charge in [0, 0.05) is 26.2 Å². The molecule has 0 atom stereocenters. The van der Waals surface area contributed by atoms with E-state index in [0.717, 1.165) is 23.9 Å². The van der Waals surface area contributed by atoms with Gasteiger partial charge in [-0.15, -0.1) is 0 Å². The second kappa shape index (κ2) is 8.70. The smallest absolute Gasteiger partial charge is 0.264 e. The summed E-state index contributed by atoms with van der Waals surface area (Å²) in [6.07, 6.45) is 0. The van der Waals surface area contributed by atoms with Gasteiger partial charge in [-0.2, -0.15) is 0 Å². The lowest BCUT2D eigenvalue weighted by atomic mass is 10.3. The zero-order chi connectivity index (χ0) is 20.1. The maximum absolute atomic E-state index is 13.3. The Balaban J connectivity index is 1.87. The number of nitrogens with zero attached hydrogens (tertiary/aromatic N) is 3. The van der Waals surface area contributed by atoms with E-state index in [4.69, 9.17) is 0 Å². The van der Waals surface area contributed by atoms with Gasteiger partial charge in [-0.05, 0) is 42.9 Å². The van der Waals surface area contributed by atoms with Crippen LogP contribution in [-0.4, -0.2) is 63.4 Å². The molecule has 3 rings (SSSR count). The highest BCUT2D eigenvalue weighted by Gasteiger charge is 2.30. The Morgan fingerprint density at radius 3 is 2.18 bits per heavy atom. The molecule has 0 aliphatic carbocycles. The van der Waals surface area contributed by atoms with Gasteiger partial charge < -0.3 is 9.80 Å². The van der Waals surface area contributed by atoms with Crippen molar-refractivity contribution < 1.29 is 17.6 Å². The van der Waals surface area contributed by atoms with Gasteiger partial charge in [0.1, 0.15) is 12.4 Å². The fourth-order valence-electron chi connectivity index (χ4n) is 3.18. The van der Waals surface area contributed by atoms with Crippen molar-refractivity contribution in [3.05, 3.63) is 60.4 Å². The second-order valence-corrected chi connectivity index (χ2v) is 8.48. The molecule has 6 nitrogen and oxygen atoms in total. The lowest BCUT2D eigenvalue weighted by molar-refractivity contribution is -0.131. The van der Waals surface area contributed by atoms with Crippen LogP contribution in [0.3, 0.4) is 0 Å². The summed E-state index contributed by atoms with van der Waals surface area (Å²) >= 11 is 0. The Bertz CT molecular complexity index is 896. The fourth-order valence-corrected chi connectivity index (χ4v) is 4.61. The number of hydrogen-bond acceptors (Lipinski definition) is 4. The molecule has 0 radical (unpaired) electrons. The Labute approximate surface area is 165 Å². The average molecular weight is 405 g/mol. The van der Waals surface area contributed by atoms with Crippen LogP contribution in [0.2, 0.25) is 0 Å². The molecule has 1 aliphatic rings. The molecule has 1 amide bonds. The first-order chi connectivity index (χ1) is 13.4. The van der Waals surface area contributed by atoms with Crippen LogP contribution in [0, 0.1) is 5.82 Å². The molecule has 2 aromatic carbocycles. The molecule has 2 aromatic rings. The van der Waals surface area contributed by atoms with Crippen molar-refractivity contribution in [2.75, 3.05) is 43.6 Å². The first kappa shape index (κ1) is 20.3. The molecule has 8 heteroatoms. The van der Waals surface area contributed by atoms with Gasteiger partial charge in [0.15, 0.2) is 0 Å². The predicted octanol–water partition coefficient (Wildman–Crippen LogP) is 2.19. The molecular weight excluding hydrogens is 381 g/mol. The Kier molecular flexibility index (Phi) is 6.31. The molecule has 0 unspecified atom stereocenters. The summed E-state index contributed by atoms with van der Waals surface area (Å²) in [4.78, 5) is 16.9. The van der Waals surface area contributed by atoms with Gasteiger partial charge in [0.2, 0.25) is 5.91 Å². The predicted molar refractivity (Wildman–Crippen MR) is 106 cm³/mol. The number of carbonyl (C=O) groups is 1. The van der Waals surface area contributed by atoms with Crippen LogP contribution < -0.4 is 4.31 Å². The zero-order valence-electron chi connectivity index (χ0n) is 15.8. The minimum atomic E-state index is -3.96. The lowest BCUT2D eigenvalue weighted by Gasteiger charge is -2.35. The molecule has 0 saturated carbocycles. The van der Waals surface area contributed by atoms with Crippen LogP contribution in [0.4, 0.5) is 10.1 Å². The maximum Gasteiger partial charge on any atom is 0.264 e. The fraction of sp³-hybridized carbons (Fsp3) is 0.350. The summed E-state index contributed by atoms with van der Waals surface area (Å²) in [5, 5.41) is 0. The van der Waals surface area contributed by atoms with Crippen LogP contribution in [0.5, 0.6) is 0 Å². The second-order valence-electron chi connectivity index (χ2n) is 6.62. The van der Waals surface area contributed by atoms with Crippen LogP contribution in [-0.2, 0) is 14.8 Å². The van der Waals surface area contributed by atoms with Crippen molar-refractivity contribution in [3.63, 3.8) is 0 Å². The van der Waals surface area contributed by atoms with Gasteiger partial charge in [-0.3, -0.25) is 9.10 Å². The van der Waals surface area contributed by atoms with Crippen LogP contribution in [0.25, 0.3) is 0 Å². The summed E-state index contributed by atoms with van der Waals surface area (Å²) in [5.74, 6) is -0.734. The van der Waals surface area contributed by atoms with E-state index in [9.17, 15) is 17.6 Å². The molecule has 1 fully saturated rings. The number of anilines is 1. The number of likely N-dealkylation sites (N-methyl/N-ethyl adjacent to an activating group) is 1. The molecule has 0 spiro atoms. The minimum absolute atomic E-state index is 0.0860. The van der Waals surface area contributed by atoms with Gasteiger partial charge in [-0.25, -0.2) is 12.8 Å². The van der Waals surface area contributed by atoms with Gasteiger partial charge in [-0.1, -0.05) is 25.1 Å². The largest absolute Gasteiger partial charge is 0.339 e. The Hall–Kier alpha value is -2.45. The highest BCUT2D eigenvalue weighted by atomic mass is 32.2. The number of sulfonamides is 1. The molecule has 0 N–H and O–H groups in total. The van der Waals surface area contributed by atoms with E-state index in [0.29, 0.717) is 13.1 Å². The van der Waals surface area contributed by atoms with E-state index < -0.39 is 15.8 Å². The number of piperazine rings is 1. The average Bonchev–Trinajstić information content (AvgIpc) is 2.73. The van der Waals surface area contributed by atoms with Crippen LogP contribution >= 0.6 is 0 Å². The number of hydrogen-bond donors (Lipinski definition) is 0. The molecule has 1 heterocycles. The SMILES string of the molecule is CCN1CCN(C(=O)CN(c2ccc(F)cc2)S(=O)(=O)c2ccccc2)CC1. The highest BCUT2D eigenvalue weighted by molar-refractivity contribution is 7.92. The number of carbonyl (C=O) groups excluding carboxylic acids is 1. The molecule has 1 aliphatic heterocycles. The maximum atomic E-state index is 13.3. The summed E-state index contributed by atoms with van der Waals surface area (Å²) in [6, 6.07) is 13.1. The molecular formula is C20H24FN3O3S. The monoisotopic (exact) mass is 405 g/mol. The van der Waals surface area contributed by atoms with E-state index in [-0.39, 0.29) is 23.0 Å². The first-order valence-corrected chi connectivity index (χ1v) is 10.7. The number of halogens is 1. The van der Waals surface area contributed by atoms with Crippen molar-refractivity contribution in [3.8, 4) is 0 Å². The van der Waals surface area contributed by atoms with Crippen molar-refractivity contribution >= 4 is 21.6 Å². The normalized spacial score (nSPS) is 15.4. The van der Waals surface area contributed by atoms with Gasteiger partial charge in [0.05, 0.1) is 10.6 Å². The minimum Gasteiger partial charge on any atom is -0.339 e. The van der Waals surface area contributed by atoms with Gasteiger partial charge >= 0.3 is 0 Å². The van der Waals surface area contributed by atoms with Crippen LogP contribution in [0.1, 0.15) is 6.92 Å². The number of amides is 1.